The number of likely N-dealkylation sites (tertiary alicyclic amines) is 1. The van der Waals surface area contributed by atoms with Crippen molar-refractivity contribution in [3.05, 3.63) is 74.8 Å². The summed E-state index contributed by atoms with van der Waals surface area (Å²) >= 11 is 0. The van der Waals surface area contributed by atoms with Gasteiger partial charge in [0.05, 0.1) is 37.1 Å². The molecule has 0 radical (unpaired) electrons. The molecule has 3 aromatic heterocycles. The quantitative estimate of drug-likeness (QED) is 0.116. The number of piperidine rings is 2. The standard InChI is InChI=1S/C49H58N10O8/c1-30-37-28-51-48(54-44(37)59(34-5-3-4-6-34)47(65)43(30)31(2)60)52-40-9-7-35(27-50-40)56-20-18-55(19-21-56)22-24-66-23-12-42(62)57-16-14-49(15-17-57)13-11-32-25-36-33(26-39(32)67-49)29-58(46(36)64)38-8-10-41(61)53-45(38)63/h7,9,25-28,34,38H,3-6,8,10-24,29H2,1-2H3,(H,53,61,63)(H,50,51,52,54). The van der Waals surface area contributed by atoms with Crippen molar-refractivity contribution < 1.29 is 33.4 Å². The molecule has 2 N–H and O–H groups in total. The Kier molecular flexibility index (Phi) is 12.3. The van der Waals surface area contributed by atoms with E-state index in [2.05, 4.69) is 30.4 Å². The first kappa shape index (κ1) is 44.6. The van der Waals surface area contributed by atoms with Crippen LogP contribution in [-0.4, -0.2) is 134 Å². The van der Waals surface area contributed by atoms with Gasteiger partial charge in [0.15, 0.2) is 5.78 Å². The van der Waals surface area contributed by atoms with Crippen LogP contribution in [0.15, 0.2) is 41.5 Å². The molecule has 4 amide bonds. The summed E-state index contributed by atoms with van der Waals surface area (Å²) < 4.78 is 14.3. The molecule has 1 unspecified atom stereocenters. The maximum atomic E-state index is 13.6. The second-order valence-corrected chi connectivity index (χ2v) is 19.0. The van der Waals surface area contributed by atoms with Crippen LogP contribution in [0.25, 0.3) is 11.0 Å². The molecule has 1 atom stereocenters. The number of ketones is 1. The summed E-state index contributed by atoms with van der Waals surface area (Å²) in [6.07, 6.45) is 11.3. The first-order valence-electron chi connectivity index (χ1n) is 23.9. The van der Waals surface area contributed by atoms with Crippen LogP contribution in [0.5, 0.6) is 5.75 Å². The first-order valence-corrected chi connectivity index (χ1v) is 23.9. The van der Waals surface area contributed by atoms with Crippen molar-refractivity contribution >= 4 is 57.9 Å². The van der Waals surface area contributed by atoms with Crippen molar-refractivity contribution in [2.45, 2.75) is 109 Å². The molecule has 10 rings (SSSR count). The minimum atomic E-state index is -0.653. The lowest BCUT2D eigenvalue weighted by Gasteiger charge is -2.44. The molecular weight excluding hydrogens is 857 g/mol. The van der Waals surface area contributed by atoms with Crippen LogP contribution in [0, 0.1) is 6.92 Å². The Morgan fingerprint density at radius 2 is 1.70 bits per heavy atom. The van der Waals surface area contributed by atoms with E-state index in [-0.39, 0.29) is 52.7 Å². The molecule has 6 aliphatic rings. The molecular formula is C49H58N10O8. The molecule has 1 aliphatic carbocycles. The average Bonchev–Trinajstić information content (AvgIpc) is 3.96. The van der Waals surface area contributed by atoms with E-state index in [0.717, 1.165) is 107 Å². The second kappa shape index (κ2) is 18.4. The summed E-state index contributed by atoms with van der Waals surface area (Å²) in [5.41, 5.74) is 4.17. The fourth-order valence-corrected chi connectivity index (χ4v) is 11.0. The molecule has 4 fully saturated rings. The highest BCUT2D eigenvalue weighted by Crippen LogP contribution is 2.42. The number of nitrogens with zero attached hydrogens (tertiary/aromatic N) is 8. The molecule has 8 heterocycles. The minimum Gasteiger partial charge on any atom is -0.487 e. The molecule has 18 heteroatoms. The molecule has 1 saturated carbocycles. The van der Waals surface area contributed by atoms with Crippen molar-refractivity contribution in [2.75, 3.05) is 69.2 Å². The van der Waals surface area contributed by atoms with Gasteiger partial charge >= 0.3 is 0 Å². The molecule has 1 spiro atoms. The zero-order valence-electron chi connectivity index (χ0n) is 38.3. The summed E-state index contributed by atoms with van der Waals surface area (Å²) in [4.78, 5) is 98.9. The molecule has 67 heavy (non-hydrogen) atoms. The predicted octanol–water partition coefficient (Wildman–Crippen LogP) is 4.23. The van der Waals surface area contributed by atoms with Gasteiger partial charge in [-0.1, -0.05) is 12.8 Å². The topological polar surface area (TPSA) is 202 Å². The van der Waals surface area contributed by atoms with E-state index in [1.807, 2.05) is 35.4 Å². The van der Waals surface area contributed by atoms with Crippen LogP contribution < -0.4 is 25.8 Å². The number of nitrogens with one attached hydrogen (secondary N) is 2. The van der Waals surface area contributed by atoms with E-state index in [0.29, 0.717) is 79.6 Å². The predicted molar refractivity (Wildman–Crippen MR) is 248 cm³/mol. The molecule has 352 valence electrons. The van der Waals surface area contributed by atoms with Crippen LogP contribution in [0.2, 0.25) is 0 Å². The van der Waals surface area contributed by atoms with Crippen LogP contribution in [0.1, 0.15) is 115 Å². The zero-order valence-corrected chi connectivity index (χ0v) is 38.3. The fourth-order valence-electron chi connectivity index (χ4n) is 11.0. The van der Waals surface area contributed by atoms with Crippen molar-refractivity contribution in [2.24, 2.45) is 0 Å². The lowest BCUT2D eigenvalue weighted by Crippen LogP contribution is -2.52. The molecule has 3 saturated heterocycles. The van der Waals surface area contributed by atoms with Crippen molar-refractivity contribution in [1.82, 2.24) is 39.5 Å². The number of carbonyl (C=O) groups excluding carboxylic acids is 5. The van der Waals surface area contributed by atoms with E-state index in [9.17, 15) is 28.8 Å². The Morgan fingerprint density at radius 3 is 2.43 bits per heavy atom. The Morgan fingerprint density at radius 1 is 0.910 bits per heavy atom. The number of rotatable bonds is 12. The van der Waals surface area contributed by atoms with Gasteiger partial charge in [-0.3, -0.25) is 43.6 Å². The second-order valence-electron chi connectivity index (χ2n) is 19.0. The lowest BCUT2D eigenvalue weighted by molar-refractivity contribution is -0.137. The van der Waals surface area contributed by atoms with Crippen LogP contribution in [-0.2, 0) is 32.1 Å². The van der Waals surface area contributed by atoms with E-state index in [1.54, 1.807) is 22.6 Å². The molecule has 0 bridgehead atoms. The number of amides is 4. The van der Waals surface area contributed by atoms with Crippen molar-refractivity contribution in [3.8, 4) is 5.75 Å². The summed E-state index contributed by atoms with van der Waals surface area (Å²) in [6, 6.07) is 7.15. The summed E-state index contributed by atoms with van der Waals surface area (Å²) in [5.74, 6) is 0.648. The van der Waals surface area contributed by atoms with Gasteiger partial charge in [-0.05, 0) is 86.9 Å². The van der Waals surface area contributed by atoms with E-state index >= 15 is 0 Å². The zero-order chi connectivity index (χ0) is 46.4. The number of ether oxygens (including phenoxy) is 2. The molecule has 4 aromatic rings. The van der Waals surface area contributed by atoms with Gasteiger partial charge in [0, 0.05) is 94.8 Å². The summed E-state index contributed by atoms with van der Waals surface area (Å²) in [6.45, 7) is 9.94. The smallest absolute Gasteiger partial charge is 0.263 e. The van der Waals surface area contributed by atoms with Gasteiger partial charge in [0.2, 0.25) is 23.7 Å². The van der Waals surface area contributed by atoms with E-state index < -0.39 is 11.9 Å². The maximum Gasteiger partial charge on any atom is 0.263 e. The number of benzene rings is 1. The molecule has 1 aromatic carbocycles. The fraction of sp³-hybridized carbons (Fsp3) is 0.531. The Labute approximate surface area is 388 Å². The monoisotopic (exact) mass is 914 g/mol. The number of Topliss-reactive ketones (excluding diaryl/α,β-unsaturated/α-hetero) is 1. The minimum absolute atomic E-state index is 0.00337. The number of piperazine rings is 1. The van der Waals surface area contributed by atoms with E-state index in [1.165, 1.54) is 6.92 Å². The van der Waals surface area contributed by atoms with Gasteiger partial charge in [0.25, 0.3) is 11.5 Å². The number of aromatic nitrogens is 4. The number of pyridine rings is 2. The average molecular weight is 915 g/mol. The number of hydrogen-bond donors (Lipinski definition) is 2. The van der Waals surface area contributed by atoms with Gasteiger partial charge in [-0.15, -0.1) is 0 Å². The Hall–Kier alpha value is -6.27. The van der Waals surface area contributed by atoms with Gasteiger partial charge in [-0.25, -0.2) is 9.97 Å². The highest BCUT2D eigenvalue weighted by Gasteiger charge is 2.43. The SMILES string of the molecule is CC(=O)c1c(C)c2cnc(Nc3ccc(N4CCN(CCOCCC(=O)N5CCC6(CCc7cc8c(cc7O6)CN(C6CCC(=O)NC6=O)C8=O)CC5)CC4)cn3)nc2n(C2CCCC2)c1=O. The number of imide groups is 1. The first-order chi connectivity index (χ1) is 32.4. The van der Waals surface area contributed by atoms with Gasteiger partial charge in [-0.2, -0.15) is 4.98 Å². The third-order valence-corrected chi connectivity index (χ3v) is 14.9. The number of aryl methyl sites for hydroxylation is 2. The molecule has 18 nitrogen and oxygen atoms in total. The number of carbonyl (C=O) groups is 5. The number of fused-ring (bicyclic) bond motifs is 3. The molecule has 5 aliphatic heterocycles. The normalized spacial score (nSPS) is 20.8. The van der Waals surface area contributed by atoms with Crippen molar-refractivity contribution in [3.63, 3.8) is 0 Å². The number of hydrogen-bond acceptors (Lipinski definition) is 14. The van der Waals surface area contributed by atoms with E-state index in [4.69, 9.17) is 14.5 Å². The third-order valence-electron chi connectivity index (χ3n) is 14.9. The Balaban J connectivity index is 0.643. The maximum absolute atomic E-state index is 13.6. The van der Waals surface area contributed by atoms with Crippen LogP contribution in [0.4, 0.5) is 17.5 Å². The third kappa shape index (κ3) is 8.88. The van der Waals surface area contributed by atoms with Crippen LogP contribution >= 0.6 is 0 Å². The Bertz CT molecular complexity index is 2680. The summed E-state index contributed by atoms with van der Waals surface area (Å²) in [5, 5.41) is 6.27. The summed E-state index contributed by atoms with van der Waals surface area (Å²) in [7, 11) is 0. The van der Waals surface area contributed by atoms with Gasteiger partial charge < -0.3 is 29.5 Å². The number of anilines is 3. The van der Waals surface area contributed by atoms with Crippen LogP contribution in [0.3, 0.4) is 0 Å². The highest BCUT2D eigenvalue weighted by molar-refractivity contribution is 6.05. The highest BCUT2D eigenvalue weighted by atomic mass is 16.5. The largest absolute Gasteiger partial charge is 0.487 e. The van der Waals surface area contributed by atoms with Crippen molar-refractivity contribution in [1.29, 1.82) is 0 Å². The van der Waals surface area contributed by atoms with Gasteiger partial charge in [0.1, 0.15) is 28.9 Å². The lowest BCUT2D eigenvalue weighted by atomic mass is 9.82.